The van der Waals surface area contributed by atoms with E-state index in [1.54, 1.807) is 12.1 Å². The van der Waals surface area contributed by atoms with E-state index in [9.17, 15) is 19.2 Å². The van der Waals surface area contributed by atoms with E-state index in [1.807, 2.05) is 17.0 Å². The standard InChI is InChI=1S/C25H24N4O4/c30-21-8-7-20(22(31)27-21)29-13-16-11-17(5-6-18(16)23(29)32)26-24(33)28-12-15-3-1-2-4-19(15)25(14-28)9-10-25/h1-6,11,20H,7-10,12-14H2,(H,26,33)(H,27,30,31). The molecule has 0 aromatic heterocycles. The minimum Gasteiger partial charge on any atom is -0.322 e. The zero-order chi connectivity index (χ0) is 22.7. The fraction of sp³-hybridized carbons (Fsp3) is 0.360. The SMILES string of the molecule is O=C1CCC(N2Cc3cc(NC(=O)N4Cc5ccccc5C5(CC5)C4)ccc3C2=O)C(=O)N1. The highest BCUT2D eigenvalue weighted by Crippen LogP contribution is 2.52. The smallest absolute Gasteiger partial charge is 0.322 e. The zero-order valence-electron chi connectivity index (χ0n) is 18.1. The first-order chi connectivity index (χ1) is 15.9. The van der Waals surface area contributed by atoms with Crippen molar-refractivity contribution in [2.75, 3.05) is 11.9 Å². The molecule has 1 aliphatic carbocycles. The molecule has 33 heavy (non-hydrogen) atoms. The van der Waals surface area contributed by atoms with Crippen LogP contribution in [0.25, 0.3) is 0 Å². The van der Waals surface area contributed by atoms with E-state index in [4.69, 9.17) is 0 Å². The van der Waals surface area contributed by atoms with Crippen LogP contribution in [0.2, 0.25) is 0 Å². The molecule has 3 aliphatic heterocycles. The van der Waals surface area contributed by atoms with Crippen molar-refractivity contribution in [3.8, 4) is 0 Å². The largest absolute Gasteiger partial charge is 0.322 e. The molecule has 1 saturated heterocycles. The van der Waals surface area contributed by atoms with Gasteiger partial charge in [0.05, 0.1) is 0 Å². The number of nitrogens with one attached hydrogen (secondary N) is 2. The summed E-state index contributed by atoms with van der Waals surface area (Å²) in [5.74, 6) is -0.959. The molecule has 6 rings (SSSR count). The summed E-state index contributed by atoms with van der Waals surface area (Å²) in [6, 6.07) is 12.8. The van der Waals surface area contributed by atoms with Crippen molar-refractivity contribution in [3.05, 3.63) is 64.7 Å². The van der Waals surface area contributed by atoms with E-state index >= 15 is 0 Å². The number of amides is 5. The molecule has 8 heteroatoms. The van der Waals surface area contributed by atoms with Gasteiger partial charge in [-0.2, -0.15) is 0 Å². The lowest BCUT2D eigenvalue weighted by atomic mass is 9.87. The number of piperidine rings is 1. The predicted molar refractivity (Wildman–Crippen MR) is 119 cm³/mol. The summed E-state index contributed by atoms with van der Waals surface area (Å²) in [6.45, 7) is 1.57. The third-order valence-electron chi connectivity index (χ3n) is 7.36. The Hall–Kier alpha value is -3.68. The Labute approximate surface area is 190 Å². The Morgan fingerprint density at radius 3 is 2.64 bits per heavy atom. The van der Waals surface area contributed by atoms with Crippen molar-refractivity contribution in [1.82, 2.24) is 15.1 Å². The van der Waals surface area contributed by atoms with Gasteiger partial charge in [-0.05, 0) is 54.2 Å². The van der Waals surface area contributed by atoms with Crippen molar-refractivity contribution in [2.45, 2.75) is 50.2 Å². The van der Waals surface area contributed by atoms with Gasteiger partial charge in [-0.15, -0.1) is 0 Å². The maximum Gasteiger partial charge on any atom is 0.322 e. The van der Waals surface area contributed by atoms with Gasteiger partial charge in [-0.25, -0.2) is 4.79 Å². The van der Waals surface area contributed by atoms with Crippen LogP contribution in [0.15, 0.2) is 42.5 Å². The molecular weight excluding hydrogens is 420 g/mol. The lowest BCUT2D eigenvalue weighted by Crippen LogP contribution is -2.52. The molecule has 5 amide bonds. The molecule has 1 unspecified atom stereocenters. The first kappa shape index (κ1) is 20.0. The maximum atomic E-state index is 13.1. The summed E-state index contributed by atoms with van der Waals surface area (Å²) in [4.78, 5) is 53.0. The number of nitrogens with zero attached hydrogens (tertiary/aromatic N) is 2. The minimum absolute atomic E-state index is 0.0962. The second-order valence-electron chi connectivity index (χ2n) is 9.50. The summed E-state index contributed by atoms with van der Waals surface area (Å²) in [6.07, 6.45) is 2.75. The van der Waals surface area contributed by atoms with Crippen molar-refractivity contribution >= 4 is 29.4 Å². The van der Waals surface area contributed by atoms with Crippen LogP contribution in [0.3, 0.4) is 0 Å². The van der Waals surface area contributed by atoms with Gasteiger partial charge < -0.3 is 15.1 Å². The van der Waals surface area contributed by atoms with Gasteiger partial charge in [0.25, 0.3) is 5.91 Å². The van der Waals surface area contributed by atoms with Gasteiger partial charge in [-0.3, -0.25) is 19.7 Å². The monoisotopic (exact) mass is 444 g/mol. The fourth-order valence-electron chi connectivity index (χ4n) is 5.46. The molecule has 4 aliphatic rings. The number of benzene rings is 2. The first-order valence-electron chi connectivity index (χ1n) is 11.4. The summed E-state index contributed by atoms with van der Waals surface area (Å²) in [5, 5.41) is 5.31. The summed E-state index contributed by atoms with van der Waals surface area (Å²) >= 11 is 0. The number of hydrogen-bond acceptors (Lipinski definition) is 4. The molecule has 2 fully saturated rings. The van der Waals surface area contributed by atoms with Crippen LogP contribution in [-0.4, -0.2) is 46.1 Å². The Bertz CT molecular complexity index is 1220. The van der Waals surface area contributed by atoms with E-state index < -0.39 is 11.9 Å². The highest BCUT2D eigenvalue weighted by molar-refractivity contribution is 6.05. The van der Waals surface area contributed by atoms with Crippen LogP contribution >= 0.6 is 0 Å². The number of rotatable bonds is 2. The maximum absolute atomic E-state index is 13.1. The zero-order valence-corrected chi connectivity index (χ0v) is 18.1. The van der Waals surface area contributed by atoms with Gasteiger partial charge in [-0.1, -0.05) is 24.3 Å². The van der Waals surface area contributed by atoms with Crippen LogP contribution < -0.4 is 10.6 Å². The molecule has 8 nitrogen and oxygen atoms in total. The van der Waals surface area contributed by atoms with Crippen molar-refractivity contribution in [1.29, 1.82) is 0 Å². The Morgan fingerprint density at radius 2 is 1.85 bits per heavy atom. The number of carbonyl (C=O) groups is 4. The molecular formula is C25H24N4O4. The molecule has 0 radical (unpaired) electrons. The van der Waals surface area contributed by atoms with Gasteiger partial charge in [0.1, 0.15) is 6.04 Å². The number of carbonyl (C=O) groups excluding carboxylic acids is 4. The Kier molecular flexibility index (Phi) is 4.33. The predicted octanol–water partition coefficient (Wildman–Crippen LogP) is 2.53. The third kappa shape index (κ3) is 3.28. The van der Waals surface area contributed by atoms with E-state index in [0.717, 1.165) is 18.4 Å². The molecule has 1 atom stereocenters. The molecule has 3 heterocycles. The number of fused-ring (bicyclic) bond motifs is 3. The van der Waals surface area contributed by atoms with Crippen molar-refractivity contribution < 1.29 is 19.2 Å². The van der Waals surface area contributed by atoms with E-state index in [1.165, 1.54) is 16.0 Å². The number of anilines is 1. The summed E-state index contributed by atoms with van der Waals surface area (Å²) in [7, 11) is 0. The van der Waals surface area contributed by atoms with E-state index in [2.05, 4.69) is 28.8 Å². The molecule has 2 aromatic carbocycles. The topological polar surface area (TPSA) is 98.8 Å². The fourth-order valence-corrected chi connectivity index (χ4v) is 5.46. The van der Waals surface area contributed by atoms with Crippen molar-refractivity contribution in [3.63, 3.8) is 0 Å². The quantitative estimate of drug-likeness (QED) is 0.696. The Balaban J connectivity index is 1.17. The van der Waals surface area contributed by atoms with Crippen LogP contribution in [0.1, 0.15) is 52.7 Å². The summed E-state index contributed by atoms with van der Waals surface area (Å²) < 4.78 is 0. The van der Waals surface area contributed by atoms with Gasteiger partial charge >= 0.3 is 6.03 Å². The molecule has 168 valence electrons. The highest BCUT2D eigenvalue weighted by atomic mass is 16.2. The van der Waals surface area contributed by atoms with Crippen molar-refractivity contribution in [2.24, 2.45) is 0 Å². The second kappa shape index (κ2) is 7.16. The Morgan fingerprint density at radius 1 is 1.03 bits per heavy atom. The third-order valence-corrected chi connectivity index (χ3v) is 7.36. The summed E-state index contributed by atoms with van der Waals surface area (Å²) in [5.41, 5.74) is 4.60. The van der Waals surface area contributed by atoms with Crippen LogP contribution in [0.4, 0.5) is 10.5 Å². The average Bonchev–Trinajstić information content (AvgIpc) is 3.49. The molecule has 1 saturated carbocycles. The van der Waals surface area contributed by atoms with E-state index in [-0.39, 0.29) is 36.2 Å². The van der Waals surface area contributed by atoms with Gasteiger partial charge in [0, 0.05) is 42.7 Å². The lowest BCUT2D eigenvalue weighted by Gasteiger charge is -2.35. The van der Waals surface area contributed by atoms with Crippen LogP contribution in [0.5, 0.6) is 0 Å². The first-order valence-corrected chi connectivity index (χ1v) is 11.4. The van der Waals surface area contributed by atoms with Crippen LogP contribution in [0, 0.1) is 0 Å². The van der Waals surface area contributed by atoms with Crippen LogP contribution in [-0.2, 0) is 28.1 Å². The second-order valence-corrected chi connectivity index (χ2v) is 9.50. The van der Waals surface area contributed by atoms with E-state index in [0.29, 0.717) is 30.8 Å². The molecule has 1 spiro atoms. The molecule has 2 N–H and O–H groups in total. The normalized spacial score (nSPS) is 22.7. The number of urea groups is 1. The lowest BCUT2D eigenvalue weighted by molar-refractivity contribution is -0.136. The number of hydrogen-bond donors (Lipinski definition) is 2. The molecule has 2 aromatic rings. The highest BCUT2D eigenvalue weighted by Gasteiger charge is 2.49. The molecule has 0 bridgehead atoms. The van der Waals surface area contributed by atoms with Gasteiger partial charge in [0.15, 0.2) is 0 Å². The van der Waals surface area contributed by atoms with Gasteiger partial charge in [0.2, 0.25) is 11.8 Å². The number of imide groups is 1. The minimum atomic E-state index is -0.649. The average molecular weight is 444 g/mol.